The molecule has 0 spiro atoms. The highest BCUT2D eigenvalue weighted by molar-refractivity contribution is 6.06. The van der Waals surface area contributed by atoms with Crippen LogP contribution in [-0.2, 0) is 6.54 Å². The molecule has 3 rings (SSSR count). The highest BCUT2D eigenvalue weighted by Gasteiger charge is 2.28. The summed E-state index contributed by atoms with van der Waals surface area (Å²) in [6.45, 7) is 0.523. The summed E-state index contributed by atoms with van der Waals surface area (Å²) in [4.78, 5) is 14.4. The Balaban J connectivity index is 1.92. The lowest BCUT2D eigenvalue weighted by molar-refractivity contribution is 0.0993. The Labute approximate surface area is 130 Å². The topological polar surface area (TPSA) is 72.3 Å². The first-order valence-corrected chi connectivity index (χ1v) is 7.56. The Bertz CT molecular complexity index is 690. The second kappa shape index (κ2) is 5.81. The first-order valence-electron chi connectivity index (χ1n) is 7.56. The smallest absolute Gasteiger partial charge is 0.258 e. The van der Waals surface area contributed by atoms with Gasteiger partial charge in [-0.25, -0.2) is 0 Å². The van der Waals surface area contributed by atoms with Crippen molar-refractivity contribution in [3.8, 4) is 0 Å². The number of benzene rings is 2. The molecule has 2 aromatic rings. The van der Waals surface area contributed by atoms with Crippen LogP contribution in [0.25, 0.3) is 0 Å². The van der Waals surface area contributed by atoms with E-state index in [-0.39, 0.29) is 5.91 Å². The molecule has 0 atom stereocenters. The summed E-state index contributed by atoms with van der Waals surface area (Å²) in [7, 11) is 1.82. The van der Waals surface area contributed by atoms with Crippen molar-refractivity contribution >= 4 is 17.3 Å². The van der Waals surface area contributed by atoms with Gasteiger partial charge in [0.2, 0.25) is 0 Å². The second-order valence-electron chi connectivity index (χ2n) is 5.86. The molecule has 4 heteroatoms. The van der Waals surface area contributed by atoms with Gasteiger partial charge < -0.3 is 16.4 Å². The van der Waals surface area contributed by atoms with Gasteiger partial charge in [0.25, 0.3) is 5.91 Å². The Morgan fingerprint density at radius 2 is 1.86 bits per heavy atom. The molecule has 4 nitrogen and oxygen atoms in total. The molecule has 0 radical (unpaired) electrons. The van der Waals surface area contributed by atoms with E-state index in [9.17, 15) is 4.79 Å². The molecule has 1 fully saturated rings. The van der Waals surface area contributed by atoms with Gasteiger partial charge in [-0.2, -0.15) is 0 Å². The molecule has 0 aromatic heterocycles. The summed E-state index contributed by atoms with van der Waals surface area (Å²) in [6, 6.07) is 13.2. The maximum absolute atomic E-state index is 12.7. The van der Waals surface area contributed by atoms with Gasteiger partial charge in [-0.05, 0) is 60.2 Å². The fraction of sp³-hybridized carbons (Fsp3) is 0.278. The van der Waals surface area contributed by atoms with Gasteiger partial charge in [0.1, 0.15) is 0 Å². The predicted molar refractivity (Wildman–Crippen MR) is 89.9 cm³/mol. The zero-order valence-electron chi connectivity index (χ0n) is 12.8. The number of nitrogen functional groups attached to an aromatic ring is 1. The Morgan fingerprint density at radius 1 is 1.18 bits per heavy atom. The average Bonchev–Trinajstić information content (AvgIpc) is 3.38. The molecule has 0 heterocycles. The number of carbonyl (C=O) groups excluding carboxylic acids is 1. The largest absolute Gasteiger partial charge is 0.399 e. The van der Waals surface area contributed by atoms with Gasteiger partial charge in [0, 0.05) is 30.5 Å². The third-order valence-corrected chi connectivity index (χ3v) is 4.17. The van der Waals surface area contributed by atoms with E-state index in [0.29, 0.717) is 23.7 Å². The van der Waals surface area contributed by atoms with Crippen LogP contribution in [0.2, 0.25) is 0 Å². The molecule has 2 aromatic carbocycles. The summed E-state index contributed by atoms with van der Waals surface area (Å²) in [6.07, 6.45) is 2.37. The van der Waals surface area contributed by atoms with Crippen LogP contribution in [0.15, 0.2) is 42.5 Å². The fourth-order valence-electron chi connectivity index (χ4n) is 2.69. The molecule has 0 aliphatic heterocycles. The Hall–Kier alpha value is -2.33. The number of hydrogen-bond acceptors (Lipinski definition) is 3. The SMILES string of the molecule is CN(C(=O)c1ccc(N)cc1)c1ccc(CN)cc1C1CC1. The van der Waals surface area contributed by atoms with E-state index in [0.717, 1.165) is 11.3 Å². The van der Waals surface area contributed by atoms with Gasteiger partial charge in [-0.3, -0.25) is 4.79 Å². The predicted octanol–water partition coefficient (Wildman–Crippen LogP) is 2.88. The number of nitrogens with two attached hydrogens (primary N) is 2. The number of nitrogens with zero attached hydrogens (tertiary/aromatic N) is 1. The van der Waals surface area contributed by atoms with Crippen LogP contribution < -0.4 is 16.4 Å². The minimum Gasteiger partial charge on any atom is -0.399 e. The first-order chi connectivity index (χ1) is 10.6. The molecule has 4 N–H and O–H groups in total. The molecular weight excluding hydrogens is 274 g/mol. The van der Waals surface area contributed by atoms with Crippen molar-refractivity contribution in [1.29, 1.82) is 0 Å². The van der Waals surface area contributed by atoms with Crippen molar-refractivity contribution in [2.45, 2.75) is 25.3 Å². The summed E-state index contributed by atoms with van der Waals surface area (Å²) >= 11 is 0. The number of rotatable bonds is 4. The van der Waals surface area contributed by atoms with Gasteiger partial charge >= 0.3 is 0 Å². The molecule has 0 bridgehead atoms. The van der Waals surface area contributed by atoms with Crippen molar-refractivity contribution in [3.05, 3.63) is 59.2 Å². The van der Waals surface area contributed by atoms with E-state index in [2.05, 4.69) is 6.07 Å². The second-order valence-corrected chi connectivity index (χ2v) is 5.86. The van der Waals surface area contributed by atoms with Gasteiger partial charge in [-0.15, -0.1) is 0 Å². The summed E-state index contributed by atoms with van der Waals surface area (Å²) in [5.74, 6) is 0.533. The fourth-order valence-corrected chi connectivity index (χ4v) is 2.69. The van der Waals surface area contributed by atoms with Gasteiger partial charge in [0.15, 0.2) is 0 Å². The summed E-state index contributed by atoms with van der Waals surface area (Å²) < 4.78 is 0. The molecule has 1 aliphatic carbocycles. The third-order valence-electron chi connectivity index (χ3n) is 4.17. The Kier molecular flexibility index (Phi) is 3.86. The zero-order chi connectivity index (χ0) is 15.7. The lowest BCUT2D eigenvalue weighted by Gasteiger charge is -2.21. The molecular formula is C18H21N3O. The third kappa shape index (κ3) is 2.83. The Morgan fingerprint density at radius 3 is 2.45 bits per heavy atom. The van der Waals surface area contributed by atoms with Gasteiger partial charge in [0.05, 0.1) is 0 Å². The van der Waals surface area contributed by atoms with E-state index < -0.39 is 0 Å². The van der Waals surface area contributed by atoms with E-state index in [1.807, 2.05) is 19.2 Å². The van der Waals surface area contributed by atoms with Crippen LogP contribution in [0.5, 0.6) is 0 Å². The average molecular weight is 295 g/mol. The normalized spacial score (nSPS) is 13.9. The summed E-state index contributed by atoms with van der Waals surface area (Å²) in [5.41, 5.74) is 16.0. The van der Waals surface area contributed by atoms with E-state index >= 15 is 0 Å². The lowest BCUT2D eigenvalue weighted by Crippen LogP contribution is -2.27. The quantitative estimate of drug-likeness (QED) is 0.852. The summed E-state index contributed by atoms with van der Waals surface area (Å²) in [5, 5.41) is 0. The monoisotopic (exact) mass is 295 g/mol. The minimum absolute atomic E-state index is 0.0256. The molecule has 0 unspecified atom stereocenters. The highest BCUT2D eigenvalue weighted by atomic mass is 16.2. The highest BCUT2D eigenvalue weighted by Crippen LogP contribution is 2.44. The number of amides is 1. The zero-order valence-corrected chi connectivity index (χ0v) is 12.8. The van der Waals surface area contributed by atoms with E-state index in [1.165, 1.54) is 18.4 Å². The van der Waals surface area contributed by atoms with Crippen LogP contribution in [-0.4, -0.2) is 13.0 Å². The van der Waals surface area contributed by atoms with Crippen LogP contribution in [0.4, 0.5) is 11.4 Å². The van der Waals surface area contributed by atoms with Crippen molar-refractivity contribution in [1.82, 2.24) is 0 Å². The number of hydrogen-bond donors (Lipinski definition) is 2. The van der Waals surface area contributed by atoms with Crippen molar-refractivity contribution in [2.75, 3.05) is 17.7 Å². The van der Waals surface area contributed by atoms with Gasteiger partial charge in [-0.1, -0.05) is 12.1 Å². The minimum atomic E-state index is -0.0256. The van der Waals surface area contributed by atoms with E-state index in [4.69, 9.17) is 11.5 Å². The van der Waals surface area contributed by atoms with Crippen molar-refractivity contribution in [2.24, 2.45) is 5.73 Å². The molecule has 0 saturated heterocycles. The molecule has 1 amide bonds. The maximum Gasteiger partial charge on any atom is 0.258 e. The first kappa shape index (κ1) is 14.6. The molecule has 1 saturated carbocycles. The van der Waals surface area contributed by atoms with Crippen LogP contribution in [0.3, 0.4) is 0 Å². The van der Waals surface area contributed by atoms with E-state index in [1.54, 1.807) is 29.2 Å². The standard InChI is InChI=1S/C18H21N3O/c1-21(18(22)14-5-7-15(20)8-6-14)17-9-2-12(11-19)10-16(17)13-3-4-13/h2,5-10,13H,3-4,11,19-20H2,1H3. The molecule has 1 aliphatic rings. The van der Waals surface area contributed by atoms with Crippen molar-refractivity contribution in [3.63, 3.8) is 0 Å². The molecule has 114 valence electrons. The number of carbonyl (C=O) groups is 1. The van der Waals surface area contributed by atoms with Crippen molar-refractivity contribution < 1.29 is 4.79 Å². The van der Waals surface area contributed by atoms with Crippen LogP contribution in [0.1, 0.15) is 40.2 Å². The molecule has 22 heavy (non-hydrogen) atoms. The lowest BCUT2D eigenvalue weighted by atomic mass is 10.0. The van der Waals surface area contributed by atoms with Crippen LogP contribution in [0, 0.1) is 0 Å². The van der Waals surface area contributed by atoms with Crippen LogP contribution >= 0.6 is 0 Å². The number of anilines is 2. The maximum atomic E-state index is 12.7.